The Labute approximate surface area is 53.0 Å². The largest absolute Gasteiger partial charge is 0.394 e. The van der Waals surface area contributed by atoms with Crippen molar-refractivity contribution in [3.63, 3.8) is 0 Å². The Bertz CT molecular complexity index is 113. The molecule has 1 aliphatic rings. The molecule has 46 valence electrons. The fraction of sp³-hybridized carbons (Fsp3) is 0.800. The molecular formula is C5H9NOS. The van der Waals surface area contributed by atoms with E-state index in [1.165, 1.54) is 0 Å². The number of aliphatic imine (C=N–C) groups is 1. The highest BCUT2D eigenvalue weighted by Crippen LogP contribution is 2.16. The summed E-state index contributed by atoms with van der Waals surface area (Å²) in [7, 11) is 0. The third-order valence-corrected chi connectivity index (χ3v) is 2.13. The molecule has 0 aliphatic carbocycles. The van der Waals surface area contributed by atoms with Gasteiger partial charge in [-0.15, -0.1) is 11.8 Å². The summed E-state index contributed by atoms with van der Waals surface area (Å²) in [6, 6.07) is 0.181. The van der Waals surface area contributed by atoms with Crippen LogP contribution in [0.1, 0.15) is 6.92 Å². The van der Waals surface area contributed by atoms with Crippen molar-refractivity contribution in [3.05, 3.63) is 0 Å². The van der Waals surface area contributed by atoms with Crippen molar-refractivity contribution in [1.82, 2.24) is 0 Å². The van der Waals surface area contributed by atoms with Crippen molar-refractivity contribution >= 4 is 16.8 Å². The first kappa shape index (κ1) is 6.11. The van der Waals surface area contributed by atoms with Gasteiger partial charge in [-0.1, -0.05) is 0 Å². The van der Waals surface area contributed by atoms with Gasteiger partial charge in [-0.3, -0.25) is 4.99 Å². The van der Waals surface area contributed by atoms with E-state index in [4.69, 9.17) is 5.11 Å². The Morgan fingerprint density at radius 3 is 3.00 bits per heavy atom. The van der Waals surface area contributed by atoms with Crippen LogP contribution in [0.5, 0.6) is 0 Å². The highest BCUT2D eigenvalue weighted by molar-refractivity contribution is 8.14. The molecule has 2 nitrogen and oxygen atoms in total. The van der Waals surface area contributed by atoms with Gasteiger partial charge in [0.15, 0.2) is 0 Å². The molecule has 0 aromatic rings. The van der Waals surface area contributed by atoms with Crippen LogP contribution in [-0.4, -0.2) is 28.6 Å². The predicted octanol–water partition coefficient (Wildman–Crippen LogP) is 0.512. The first-order valence-electron chi connectivity index (χ1n) is 2.61. The second-order valence-electron chi connectivity index (χ2n) is 1.80. The van der Waals surface area contributed by atoms with Gasteiger partial charge in [0.05, 0.1) is 17.7 Å². The number of hydrogen-bond acceptors (Lipinski definition) is 3. The molecule has 1 N–H and O–H groups in total. The summed E-state index contributed by atoms with van der Waals surface area (Å²) in [5.74, 6) is 0.961. The van der Waals surface area contributed by atoms with Crippen LogP contribution in [0.15, 0.2) is 4.99 Å². The second kappa shape index (κ2) is 2.51. The molecule has 0 bridgehead atoms. The van der Waals surface area contributed by atoms with Gasteiger partial charge in [-0.2, -0.15) is 0 Å². The second-order valence-corrected chi connectivity index (χ2v) is 3.01. The molecule has 0 amide bonds. The van der Waals surface area contributed by atoms with E-state index in [9.17, 15) is 0 Å². The highest BCUT2D eigenvalue weighted by Gasteiger charge is 2.12. The average Bonchev–Trinajstić information content (AvgIpc) is 2.14. The van der Waals surface area contributed by atoms with Crippen molar-refractivity contribution in [3.8, 4) is 0 Å². The summed E-state index contributed by atoms with van der Waals surface area (Å²) in [5, 5.41) is 9.66. The average molecular weight is 131 g/mol. The number of aliphatic hydroxyl groups excluding tert-OH is 1. The quantitative estimate of drug-likeness (QED) is 0.562. The number of aliphatic hydroxyl groups is 1. The molecule has 0 radical (unpaired) electrons. The van der Waals surface area contributed by atoms with E-state index in [1.807, 2.05) is 6.92 Å². The van der Waals surface area contributed by atoms with E-state index in [1.54, 1.807) is 11.8 Å². The van der Waals surface area contributed by atoms with Crippen LogP contribution in [0, 0.1) is 0 Å². The number of thioether (sulfide) groups is 1. The maximum Gasteiger partial charge on any atom is 0.0833 e. The maximum atomic E-state index is 8.56. The summed E-state index contributed by atoms with van der Waals surface area (Å²) >= 11 is 1.72. The number of nitrogens with zero attached hydrogens (tertiary/aromatic N) is 1. The molecule has 3 heteroatoms. The van der Waals surface area contributed by atoms with E-state index >= 15 is 0 Å². The van der Waals surface area contributed by atoms with Crippen LogP contribution in [0.4, 0.5) is 0 Å². The summed E-state index contributed by atoms with van der Waals surface area (Å²) in [4.78, 5) is 4.14. The number of hydrogen-bond donors (Lipinski definition) is 1. The Morgan fingerprint density at radius 1 is 2.00 bits per heavy atom. The zero-order chi connectivity index (χ0) is 5.98. The summed E-state index contributed by atoms with van der Waals surface area (Å²) in [6.07, 6.45) is 0. The minimum atomic E-state index is 0.181. The molecule has 0 fully saturated rings. The van der Waals surface area contributed by atoms with Crippen molar-refractivity contribution in [1.29, 1.82) is 0 Å². The molecule has 1 rings (SSSR count). The van der Waals surface area contributed by atoms with Gasteiger partial charge in [0.25, 0.3) is 0 Å². The fourth-order valence-electron chi connectivity index (χ4n) is 0.642. The first-order chi connectivity index (χ1) is 3.83. The zero-order valence-electron chi connectivity index (χ0n) is 4.79. The van der Waals surface area contributed by atoms with Crippen molar-refractivity contribution in [2.24, 2.45) is 4.99 Å². The zero-order valence-corrected chi connectivity index (χ0v) is 5.61. The van der Waals surface area contributed by atoms with Crippen LogP contribution >= 0.6 is 11.8 Å². The molecule has 0 aromatic heterocycles. The number of rotatable bonds is 1. The predicted molar refractivity (Wildman–Crippen MR) is 36.4 cm³/mol. The Morgan fingerprint density at radius 2 is 2.75 bits per heavy atom. The van der Waals surface area contributed by atoms with E-state index in [2.05, 4.69) is 4.99 Å². The fourth-order valence-corrected chi connectivity index (χ4v) is 1.48. The minimum Gasteiger partial charge on any atom is -0.394 e. The molecule has 0 aromatic carbocycles. The SMILES string of the molecule is CC1=N[C@H](CO)CS1. The van der Waals surface area contributed by atoms with Crippen LogP contribution < -0.4 is 0 Å². The molecule has 8 heavy (non-hydrogen) atoms. The molecule has 0 saturated carbocycles. The van der Waals surface area contributed by atoms with Crippen molar-refractivity contribution < 1.29 is 5.11 Å². The van der Waals surface area contributed by atoms with Crippen LogP contribution in [0.3, 0.4) is 0 Å². The smallest absolute Gasteiger partial charge is 0.0833 e. The summed E-state index contributed by atoms with van der Waals surface area (Å²) in [6.45, 7) is 2.17. The Kier molecular flexibility index (Phi) is 1.91. The van der Waals surface area contributed by atoms with Crippen LogP contribution in [0.2, 0.25) is 0 Å². The van der Waals surface area contributed by atoms with Gasteiger partial charge >= 0.3 is 0 Å². The lowest BCUT2D eigenvalue weighted by Crippen LogP contribution is -2.08. The van der Waals surface area contributed by atoms with Crippen LogP contribution in [-0.2, 0) is 0 Å². The van der Waals surface area contributed by atoms with Gasteiger partial charge in [-0.25, -0.2) is 0 Å². The van der Waals surface area contributed by atoms with Gasteiger partial charge in [0.1, 0.15) is 0 Å². The molecule has 1 aliphatic heterocycles. The first-order valence-corrected chi connectivity index (χ1v) is 3.59. The minimum absolute atomic E-state index is 0.181. The molecule has 0 saturated heterocycles. The Hall–Kier alpha value is -0.0200. The van der Waals surface area contributed by atoms with Gasteiger partial charge in [0, 0.05) is 5.75 Å². The van der Waals surface area contributed by atoms with E-state index in [-0.39, 0.29) is 12.6 Å². The lowest BCUT2D eigenvalue weighted by molar-refractivity contribution is 0.277. The van der Waals surface area contributed by atoms with Crippen LogP contribution in [0.25, 0.3) is 0 Å². The Balaban J connectivity index is 2.41. The molecule has 0 spiro atoms. The van der Waals surface area contributed by atoms with Gasteiger partial charge in [-0.05, 0) is 6.92 Å². The van der Waals surface area contributed by atoms with E-state index in [0.29, 0.717) is 0 Å². The monoisotopic (exact) mass is 131 g/mol. The van der Waals surface area contributed by atoms with Gasteiger partial charge < -0.3 is 5.11 Å². The van der Waals surface area contributed by atoms with E-state index in [0.717, 1.165) is 10.8 Å². The highest BCUT2D eigenvalue weighted by atomic mass is 32.2. The molecular weight excluding hydrogens is 122 g/mol. The molecule has 1 heterocycles. The van der Waals surface area contributed by atoms with Gasteiger partial charge in [0.2, 0.25) is 0 Å². The lowest BCUT2D eigenvalue weighted by Gasteiger charge is -1.95. The maximum absolute atomic E-state index is 8.56. The topological polar surface area (TPSA) is 32.6 Å². The van der Waals surface area contributed by atoms with Crippen molar-refractivity contribution in [2.75, 3.05) is 12.4 Å². The van der Waals surface area contributed by atoms with E-state index < -0.39 is 0 Å². The summed E-state index contributed by atoms with van der Waals surface area (Å²) in [5.41, 5.74) is 0. The summed E-state index contributed by atoms with van der Waals surface area (Å²) < 4.78 is 0. The standard InChI is InChI=1S/C5H9NOS/c1-4-6-5(2-7)3-8-4/h5,7H,2-3H2,1H3/t5-/m1/s1. The molecule has 1 atom stereocenters. The third-order valence-electron chi connectivity index (χ3n) is 1.06. The normalized spacial score (nSPS) is 28.2. The third kappa shape index (κ3) is 1.23. The lowest BCUT2D eigenvalue weighted by atomic mass is 10.4. The van der Waals surface area contributed by atoms with Crippen molar-refractivity contribution in [2.45, 2.75) is 13.0 Å². The molecule has 0 unspecified atom stereocenters.